The van der Waals surface area contributed by atoms with Crippen molar-refractivity contribution in [2.75, 3.05) is 6.61 Å². The van der Waals surface area contributed by atoms with Crippen LogP contribution in [0.4, 0.5) is 0 Å². The Hall–Kier alpha value is -3.04. The molecule has 0 radical (unpaired) electrons. The van der Waals surface area contributed by atoms with Crippen molar-refractivity contribution in [1.82, 2.24) is 5.32 Å². The highest BCUT2D eigenvalue weighted by atomic mass is 16.6. The lowest BCUT2D eigenvalue weighted by molar-refractivity contribution is -0.191. The van der Waals surface area contributed by atoms with Crippen LogP contribution in [0.1, 0.15) is 105 Å². The lowest BCUT2D eigenvalue weighted by Crippen LogP contribution is -2.59. The van der Waals surface area contributed by atoms with Gasteiger partial charge >= 0.3 is 17.9 Å². The average molecular weight is 602 g/mol. The number of carbonyl (C=O) groups excluding carboxylic acids is 5. The highest BCUT2D eigenvalue weighted by Crippen LogP contribution is 2.68. The highest BCUT2D eigenvalue weighted by molar-refractivity contribution is 5.94. The summed E-state index contributed by atoms with van der Waals surface area (Å²) in [6, 6.07) is -1.06. The Morgan fingerprint density at radius 1 is 1.02 bits per heavy atom. The van der Waals surface area contributed by atoms with E-state index in [1.807, 2.05) is 19.9 Å². The van der Waals surface area contributed by atoms with Crippen LogP contribution in [0.15, 0.2) is 11.6 Å². The molecule has 0 aromatic rings. The molecule has 0 aromatic carbocycles. The zero-order chi connectivity index (χ0) is 31.7. The van der Waals surface area contributed by atoms with Crippen LogP contribution in [0.25, 0.3) is 0 Å². The van der Waals surface area contributed by atoms with Gasteiger partial charge in [-0.3, -0.25) is 24.0 Å². The molecule has 4 aliphatic rings. The molecule has 3 saturated carbocycles. The third-order valence-electron chi connectivity index (χ3n) is 11.6. The molecule has 10 nitrogen and oxygen atoms in total. The first-order chi connectivity index (χ1) is 20.2. The number of hydrogen-bond donors (Lipinski definition) is 2. The monoisotopic (exact) mass is 601 g/mol. The molecule has 4 aliphatic carbocycles. The number of Topliss-reactive ketones (excluding diaryl/α,β-unsaturated/α-hetero) is 1. The van der Waals surface area contributed by atoms with Crippen LogP contribution in [0.5, 0.6) is 0 Å². The number of carboxylic acids is 1. The molecule has 238 valence electrons. The molecule has 0 unspecified atom stereocenters. The van der Waals surface area contributed by atoms with Crippen LogP contribution < -0.4 is 5.32 Å². The van der Waals surface area contributed by atoms with Crippen molar-refractivity contribution >= 4 is 35.4 Å². The molecule has 4 rings (SSSR count). The van der Waals surface area contributed by atoms with Gasteiger partial charge in [0.2, 0.25) is 11.7 Å². The number of ether oxygens (including phenoxy) is 2. The third-order valence-corrected chi connectivity index (χ3v) is 11.6. The molecule has 0 bridgehead atoms. The normalized spacial score (nSPS) is 34.4. The van der Waals surface area contributed by atoms with Crippen molar-refractivity contribution in [2.24, 2.45) is 34.5 Å². The van der Waals surface area contributed by atoms with Crippen molar-refractivity contribution in [3.8, 4) is 0 Å². The number of nitrogens with one attached hydrogen (secondary N) is 1. The summed E-state index contributed by atoms with van der Waals surface area (Å²) in [6.45, 7) is 8.60. The van der Waals surface area contributed by atoms with E-state index in [-0.39, 0.29) is 35.9 Å². The van der Waals surface area contributed by atoms with E-state index < -0.39 is 53.3 Å². The maximum atomic E-state index is 13.9. The Balaban J connectivity index is 1.42. The first-order valence-electron chi connectivity index (χ1n) is 15.8. The number of allylic oxidation sites excluding steroid dienone is 1. The number of amides is 1. The van der Waals surface area contributed by atoms with Gasteiger partial charge in [0.1, 0.15) is 6.04 Å². The Morgan fingerprint density at radius 3 is 2.37 bits per heavy atom. The molecule has 1 amide bonds. The van der Waals surface area contributed by atoms with Gasteiger partial charge in [0.15, 0.2) is 18.0 Å². The van der Waals surface area contributed by atoms with Crippen LogP contribution in [-0.2, 0) is 38.2 Å². The quantitative estimate of drug-likeness (QED) is 0.330. The second-order valence-electron chi connectivity index (χ2n) is 13.7. The fraction of sp³-hybridized carbons (Fsp3) is 0.758. The predicted molar refractivity (Wildman–Crippen MR) is 155 cm³/mol. The minimum atomic E-state index is -1.41. The zero-order valence-corrected chi connectivity index (χ0v) is 26.2. The molecule has 10 heteroatoms. The summed E-state index contributed by atoms with van der Waals surface area (Å²) in [5.74, 6) is -2.68. The van der Waals surface area contributed by atoms with Gasteiger partial charge in [-0.2, -0.15) is 0 Å². The van der Waals surface area contributed by atoms with Crippen molar-refractivity contribution in [2.45, 2.75) is 117 Å². The lowest BCUT2D eigenvalue weighted by atomic mass is 9.46. The summed E-state index contributed by atoms with van der Waals surface area (Å²) in [5.41, 5.74) is -0.799. The number of esters is 2. The Kier molecular flexibility index (Phi) is 9.57. The Morgan fingerprint density at radius 2 is 1.72 bits per heavy atom. The number of hydrogen-bond acceptors (Lipinski definition) is 8. The molecule has 43 heavy (non-hydrogen) atoms. The molecule has 3 fully saturated rings. The van der Waals surface area contributed by atoms with Crippen molar-refractivity contribution in [1.29, 1.82) is 0 Å². The molecule has 0 aromatic heterocycles. The fourth-order valence-electron chi connectivity index (χ4n) is 8.96. The van der Waals surface area contributed by atoms with Crippen LogP contribution in [0, 0.1) is 34.5 Å². The van der Waals surface area contributed by atoms with E-state index in [4.69, 9.17) is 9.47 Å². The Labute approximate surface area is 253 Å². The second-order valence-corrected chi connectivity index (χ2v) is 13.7. The largest absolute Gasteiger partial charge is 0.480 e. The number of fused-ring (bicyclic) bond motifs is 5. The predicted octanol–water partition coefficient (Wildman–Crippen LogP) is 4.33. The van der Waals surface area contributed by atoms with E-state index in [9.17, 15) is 33.9 Å². The number of carboxylic acid groups (broad SMARTS) is 1. The number of carbonyl (C=O) groups is 6. The van der Waals surface area contributed by atoms with Crippen LogP contribution >= 0.6 is 0 Å². The minimum Gasteiger partial charge on any atom is -0.480 e. The first kappa shape index (κ1) is 32.9. The van der Waals surface area contributed by atoms with Crippen molar-refractivity contribution in [3.05, 3.63) is 11.6 Å². The van der Waals surface area contributed by atoms with Crippen molar-refractivity contribution in [3.63, 3.8) is 0 Å². The molecule has 2 N–H and O–H groups in total. The number of rotatable bonds is 11. The van der Waals surface area contributed by atoms with E-state index in [1.54, 1.807) is 6.92 Å². The summed E-state index contributed by atoms with van der Waals surface area (Å²) in [5, 5.41) is 11.8. The molecule has 8 atom stereocenters. The van der Waals surface area contributed by atoms with E-state index in [1.165, 1.54) is 12.5 Å². The van der Waals surface area contributed by atoms with Crippen LogP contribution in [-0.4, -0.2) is 58.7 Å². The van der Waals surface area contributed by atoms with Gasteiger partial charge in [-0.1, -0.05) is 39.7 Å². The third kappa shape index (κ3) is 6.03. The van der Waals surface area contributed by atoms with Gasteiger partial charge < -0.3 is 19.9 Å². The number of aliphatic carboxylic acids is 1. The zero-order valence-electron chi connectivity index (χ0n) is 26.2. The smallest absolute Gasteiger partial charge is 0.326 e. The van der Waals surface area contributed by atoms with E-state index in [2.05, 4.69) is 12.2 Å². The summed E-state index contributed by atoms with van der Waals surface area (Å²) >= 11 is 0. The topological polar surface area (TPSA) is 153 Å². The van der Waals surface area contributed by atoms with Crippen molar-refractivity contribution < 1.29 is 43.3 Å². The first-order valence-corrected chi connectivity index (χ1v) is 15.8. The standard InChI is InChI=1S/C33H47NO9/c1-6-19(2)29(30(40)41)34-27(38)9-10-28(39)42-18-26(37)33(43-20(3)35)16-13-25-23-8-7-21-17-22(36)11-14-31(21,4)24(23)12-15-32(25,33)5/h17,19,23-25,29H,6-16,18H2,1-5H3,(H,34,38)(H,40,41)/t19-,23+,24-,25-,29+,31-,32-,33-/m0/s1. The lowest BCUT2D eigenvalue weighted by Gasteiger charge is -2.59. The number of ketones is 2. The Bertz CT molecular complexity index is 1210. The summed E-state index contributed by atoms with van der Waals surface area (Å²) < 4.78 is 11.2. The van der Waals surface area contributed by atoms with Gasteiger partial charge in [-0.05, 0) is 80.1 Å². The summed E-state index contributed by atoms with van der Waals surface area (Å²) in [6.07, 6.45) is 7.67. The van der Waals surface area contributed by atoms with Crippen LogP contribution in [0.3, 0.4) is 0 Å². The van der Waals surface area contributed by atoms with Gasteiger partial charge in [0.25, 0.3) is 0 Å². The molecule has 0 aliphatic heterocycles. The molecular formula is C33H47NO9. The fourth-order valence-corrected chi connectivity index (χ4v) is 8.96. The SMILES string of the molecule is CC[C@H](C)[C@@H](NC(=O)CCC(=O)OCC(=O)[C@@]1(OC(C)=O)CC[C@H]2[C@@H]3CCC4=CC(=O)CC[C@]4(C)[C@H]3CC[C@@]21C)C(=O)O. The molecule has 0 saturated heterocycles. The maximum absolute atomic E-state index is 13.9. The maximum Gasteiger partial charge on any atom is 0.326 e. The highest BCUT2D eigenvalue weighted by Gasteiger charge is 2.68. The van der Waals surface area contributed by atoms with Gasteiger partial charge in [0, 0.05) is 25.2 Å². The summed E-state index contributed by atoms with van der Waals surface area (Å²) in [7, 11) is 0. The molecule has 0 heterocycles. The van der Waals surface area contributed by atoms with E-state index in [0.717, 1.165) is 32.1 Å². The van der Waals surface area contributed by atoms with Crippen LogP contribution in [0.2, 0.25) is 0 Å². The minimum absolute atomic E-state index is 0.0320. The second kappa shape index (κ2) is 12.5. The van der Waals surface area contributed by atoms with Gasteiger partial charge in [0.05, 0.1) is 6.42 Å². The van der Waals surface area contributed by atoms with E-state index >= 15 is 0 Å². The average Bonchev–Trinajstić information content (AvgIpc) is 3.25. The molecule has 0 spiro atoms. The molecular weight excluding hydrogens is 554 g/mol. The van der Waals surface area contributed by atoms with Gasteiger partial charge in [-0.25, -0.2) is 4.79 Å². The van der Waals surface area contributed by atoms with Gasteiger partial charge in [-0.15, -0.1) is 0 Å². The summed E-state index contributed by atoms with van der Waals surface area (Å²) in [4.78, 5) is 74.8. The van der Waals surface area contributed by atoms with E-state index in [0.29, 0.717) is 37.5 Å².